The molecule has 0 fully saturated rings. The number of carbonyl (C=O) groups is 2. The van der Waals surface area contributed by atoms with E-state index in [-0.39, 0.29) is 12.4 Å². The average molecular weight is 347 g/mol. The van der Waals surface area contributed by atoms with E-state index in [0.29, 0.717) is 27.1 Å². The van der Waals surface area contributed by atoms with Gasteiger partial charge in [0.25, 0.3) is 0 Å². The normalized spacial score (nSPS) is 10.0. The van der Waals surface area contributed by atoms with Crippen molar-refractivity contribution in [2.45, 2.75) is 0 Å². The molecule has 122 valence electrons. The van der Waals surface area contributed by atoms with E-state index in [2.05, 4.69) is 6.07 Å². The predicted molar refractivity (Wildman–Crippen MR) is 95.5 cm³/mol. The van der Waals surface area contributed by atoms with E-state index >= 15 is 0 Å². The van der Waals surface area contributed by atoms with Gasteiger partial charge in [0.15, 0.2) is 6.61 Å². The highest BCUT2D eigenvalue weighted by Crippen LogP contribution is 2.27. The molecular formula is C20H13NO3S. The molecule has 5 heteroatoms. The molecular weight excluding hydrogens is 334 g/mol. The molecule has 0 aliphatic rings. The SMILES string of the molecule is N#Cc1ccccc1-c1ccccc1C(=O)OCC(=O)c1cccs1. The molecule has 1 heterocycles. The number of thiophene rings is 1. The van der Waals surface area contributed by atoms with Gasteiger partial charge in [-0.05, 0) is 29.1 Å². The largest absolute Gasteiger partial charge is 0.454 e. The van der Waals surface area contributed by atoms with E-state index in [9.17, 15) is 14.9 Å². The summed E-state index contributed by atoms with van der Waals surface area (Å²) in [6, 6.07) is 19.5. The number of carbonyl (C=O) groups excluding carboxylic acids is 2. The first-order valence-corrected chi connectivity index (χ1v) is 8.41. The van der Waals surface area contributed by atoms with Crippen molar-refractivity contribution < 1.29 is 14.3 Å². The van der Waals surface area contributed by atoms with Crippen molar-refractivity contribution in [3.8, 4) is 17.2 Å². The Labute approximate surface area is 148 Å². The van der Waals surface area contributed by atoms with Gasteiger partial charge in [-0.1, -0.05) is 42.5 Å². The second-order valence-corrected chi connectivity index (χ2v) is 6.13. The van der Waals surface area contributed by atoms with Crippen LogP contribution in [0.3, 0.4) is 0 Å². The van der Waals surface area contributed by atoms with Crippen molar-refractivity contribution in [1.29, 1.82) is 5.26 Å². The Bertz CT molecular complexity index is 955. The molecule has 3 rings (SSSR count). The molecule has 0 amide bonds. The lowest BCUT2D eigenvalue weighted by Gasteiger charge is -2.10. The number of Topliss-reactive ketones (excluding diaryl/α,β-unsaturated/α-hetero) is 1. The standard InChI is InChI=1S/C20H13NO3S/c21-12-14-6-1-2-7-15(14)16-8-3-4-9-17(16)20(23)24-13-18(22)19-10-5-11-25-19/h1-11H,13H2. The summed E-state index contributed by atoms with van der Waals surface area (Å²) in [6.07, 6.45) is 0. The monoisotopic (exact) mass is 347 g/mol. The second-order valence-electron chi connectivity index (χ2n) is 5.18. The van der Waals surface area contributed by atoms with Gasteiger partial charge in [0.2, 0.25) is 5.78 Å². The van der Waals surface area contributed by atoms with Crippen LogP contribution in [-0.4, -0.2) is 18.4 Å². The Morgan fingerprint density at radius 3 is 2.40 bits per heavy atom. The summed E-state index contributed by atoms with van der Waals surface area (Å²) in [7, 11) is 0. The van der Waals surface area contributed by atoms with Gasteiger partial charge in [0.05, 0.1) is 22.1 Å². The van der Waals surface area contributed by atoms with Gasteiger partial charge >= 0.3 is 5.97 Å². The molecule has 0 N–H and O–H groups in total. The van der Waals surface area contributed by atoms with Gasteiger partial charge in [0.1, 0.15) is 0 Å². The van der Waals surface area contributed by atoms with Crippen LogP contribution in [0.2, 0.25) is 0 Å². The zero-order chi connectivity index (χ0) is 17.6. The van der Waals surface area contributed by atoms with Crippen molar-refractivity contribution >= 4 is 23.1 Å². The molecule has 0 spiro atoms. The van der Waals surface area contributed by atoms with Gasteiger partial charge in [-0.25, -0.2) is 4.79 Å². The van der Waals surface area contributed by atoms with Gasteiger partial charge in [-0.15, -0.1) is 11.3 Å². The highest BCUT2D eigenvalue weighted by molar-refractivity contribution is 7.12. The van der Waals surface area contributed by atoms with E-state index in [1.54, 1.807) is 66.0 Å². The minimum Gasteiger partial charge on any atom is -0.454 e. The van der Waals surface area contributed by atoms with Crippen LogP contribution in [0.15, 0.2) is 66.0 Å². The van der Waals surface area contributed by atoms with Crippen molar-refractivity contribution in [3.05, 3.63) is 82.0 Å². The van der Waals surface area contributed by atoms with E-state index in [0.717, 1.165) is 0 Å². The predicted octanol–water partition coefficient (Wildman–Crippen LogP) is 4.33. The number of ketones is 1. The number of ether oxygens (including phenoxy) is 1. The lowest BCUT2D eigenvalue weighted by atomic mass is 9.96. The highest BCUT2D eigenvalue weighted by atomic mass is 32.1. The zero-order valence-corrected chi connectivity index (χ0v) is 14.0. The Hall–Kier alpha value is -3.23. The minimum atomic E-state index is -0.590. The third kappa shape index (κ3) is 3.65. The summed E-state index contributed by atoms with van der Waals surface area (Å²) in [5.74, 6) is -0.827. The summed E-state index contributed by atoms with van der Waals surface area (Å²) in [6.45, 7) is -0.312. The molecule has 1 aromatic heterocycles. The number of nitriles is 1. The quantitative estimate of drug-likeness (QED) is 0.509. The fraction of sp³-hybridized carbons (Fsp3) is 0.0500. The van der Waals surface area contributed by atoms with Crippen LogP contribution < -0.4 is 0 Å². The summed E-state index contributed by atoms with van der Waals surface area (Å²) in [4.78, 5) is 25.0. The Balaban J connectivity index is 1.84. The summed E-state index contributed by atoms with van der Waals surface area (Å²) >= 11 is 1.31. The molecule has 0 saturated carbocycles. The molecule has 0 saturated heterocycles. The van der Waals surface area contributed by atoms with Crippen LogP contribution in [0.5, 0.6) is 0 Å². The van der Waals surface area contributed by atoms with E-state index in [4.69, 9.17) is 4.74 Å². The van der Waals surface area contributed by atoms with Gasteiger partial charge in [0, 0.05) is 5.56 Å². The lowest BCUT2D eigenvalue weighted by Crippen LogP contribution is -2.14. The molecule has 0 atom stereocenters. The molecule has 0 aliphatic carbocycles. The van der Waals surface area contributed by atoms with Crippen molar-refractivity contribution in [2.75, 3.05) is 6.61 Å². The Morgan fingerprint density at radius 2 is 1.68 bits per heavy atom. The third-order valence-electron chi connectivity index (χ3n) is 3.62. The second kappa shape index (κ2) is 7.56. The molecule has 0 aliphatic heterocycles. The van der Waals surface area contributed by atoms with E-state index < -0.39 is 5.97 Å². The fourth-order valence-electron chi connectivity index (χ4n) is 2.43. The molecule has 25 heavy (non-hydrogen) atoms. The third-order valence-corrected chi connectivity index (χ3v) is 4.53. The van der Waals surface area contributed by atoms with Crippen molar-refractivity contribution in [3.63, 3.8) is 0 Å². The number of hydrogen-bond acceptors (Lipinski definition) is 5. The van der Waals surface area contributed by atoms with Crippen LogP contribution in [0.25, 0.3) is 11.1 Å². The zero-order valence-electron chi connectivity index (χ0n) is 13.1. The van der Waals surface area contributed by atoms with Crippen molar-refractivity contribution in [1.82, 2.24) is 0 Å². The van der Waals surface area contributed by atoms with Crippen LogP contribution in [0, 0.1) is 11.3 Å². The smallest absolute Gasteiger partial charge is 0.339 e. The Kier molecular flexibility index (Phi) is 5.03. The first kappa shape index (κ1) is 16.6. The summed E-state index contributed by atoms with van der Waals surface area (Å²) in [5, 5.41) is 11.1. The van der Waals surface area contributed by atoms with Gasteiger partial charge in [-0.3, -0.25) is 4.79 Å². The number of benzene rings is 2. The number of esters is 1. The number of hydrogen-bond donors (Lipinski definition) is 0. The summed E-state index contributed by atoms with van der Waals surface area (Å²) in [5.41, 5.74) is 2.05. The molecule has 0 radical (unpaired) electrons. The maximum absolute atomic E-state index is 12.5. The minimum absolute atomic E-state index is 0.238. The first-order chi connectivity index (χ1) is 12.2. The van der Waals surface area contributed by atoms with Gasteiger partial charge in [-0.2, -0.15) is 5.26 Å². The molecule has 2 aromatic carbocycles. The number of rotatable bonds is 5. The lowest BCUT2D eigenvalue weighted by molar-refractivity contribution is 0.0476. The van der Waals surface area contributed by atoms with Crippen molar-refractivity contribution in [2.24, 2.45) is 0 Å². The van der Waals surface area contributed by atoms with Crippen LogP contribution in [0.1, 0.15) is 25.6 Å². The van der Waals surface area contributed by atoms with Crippen LogP contribution >= 0.6 is 11.3 Å². The first-order valence-electron chi connectivity index (χ1n) is 7.53. The van der Waals surface area contributed by atoms with E-state index in [1.807, 2.05) is 0 Å². The molecule has 0 unspecified atom stereocenters. The van der Waals surface area contributed by atoms with Crippen LogP contribution in [0.4, 0.5) is 0 Å². The maximum atomic E-state index is 12.5. The number of nitrogens with zero attached hydrogens (tertiary/aromatic N) is 1. The van der Waals surface area contributed by atoms with Crippen LogP contribution in [-0.2, 0) is 4.74 Å². The average Bonchev–Trinajstić information content (AvgIpc) is 3.20. The maximum Gasteiger partial charge on any atom is 0.339 e. The molecule has 3 aromatic rings. The molecule has 0 bridgehead atoms. The van der Waals surface area contributed by atoms with E-state index in [1.165, 1.54) is 11.3 Å². The summed E-state index contributed by atoms with van der Waals surface area (Å²) < 4.78 is 5.18. The highest BCUT2D eigenvalue weighted by Gasteiger charge is 2.17. The molecule has 4 nitrogen and oxygen atoms in total. The fourth-order valence-corrected chi connectivity index (χ4v) is 3.08. The Morgan fingerprint density at radius 1 is 0.960 bits per heavy atom. The van der Waals surface area contributed by atoms with Gasteiger partial charge < -0.3 is 4.74 Å². The topological polar surface area (TPSA) is 67.2 Å².